The molecule has 0 aliphatic heterocycles. The maximum atomic E-state index is 9.00. The highest BCUT2D eigenvalue weighted by Crippen LogP contribution is 1.97. The van der Waals surface area contributed by atoms with E-state index < -0.39 is 6.03 Å². The second-order valence-electron chi connectivity index (χ2n) is 1.81. The van der Waals surface area contributed by atoms with Gasteiger partial charge in [0.1, 0.15) is 6.79 Å². The monoisotopic (exact) mass is 248 g/mol. The quantitative estimate of drug-likeness (QED) is 0.275. The van der Waals surface area contributed by atoms with Crippen LogP contribution < -0.4 is 28.7 Å². The number of aliphatic hydroxyl groups excluding tert-OH is 1. The van der Waals surface area contributed by atoms with Gasteiger partial charge < -0.3 is 38.6 Å². The number of nitrogens with zero attached hydrogens (tertiary/aromatic N) is 3. The zero-order valence-corrected chi connectivity index (χ0v) is 9.20. The van der Waals surface area contributed by atoms with Crippen LogP contribution in [0.25, 0.3) is 0 Å². The summed E-state index contributed by atoms with van der Waals surface area (Å²) in [5.74, 6) is 0.125. The number of aromatic nitrogens is 3. The molecule has 0 aliphatic carbocycles. The molecular formula is C6H16N8O3. The summed E-state index contributed by atoms with van der Waals surface area (Å²) >= 11 is 0. The Balaban J connectivity index is -0.000000208. The number of nitrogen functional groups attached to an aromatic ring is 3. The molecule has 0 radical (unpaired) electrons. The Morgan fingerprint density at radius 3 is 1.18 bits per heavy atom. The molecule has 1 heterocycles. The van der Waals surface area contributed by atoms with Crippen LogP contribution in [0.1, 0.15) is 0 Å². The standard InChI is InChI=1S/C3H6N6.CH4N2O.CH4O.CH2O/c4-1-7-2(5)9-3(6)8-1;2-1(3)4;2*1-2/h(H6,4,5,6,7,8,9);(H4,2,3,4);2H,1H3;1H2. The molecule has 2 amide bonds. The Labute approximate surface area is 97.0 Å². The molecule has 0 atom stereocenters. The summed E-state index contributed by atoms with van der Waals surface area (Å²) in [6, 6.07) is -0.833. The number of nitrogens with two attached hydrogens (primary N) is 5. The summed E-state index contributed by atoms with van der Waals surface area (Å²) in [4.78, 5) is 27.5. The van der Waals surface area contributed by atoms with Crippen LogP contribution >= 0.6 is 0 Å². The van der Waals surface area contributed by atoms with Crippen molar-refractivity contribution in [3.05, 3.63) is 0 Å². The molecule has 1 aromatic heterocycles. The van der Waals surface area contributed by atoms with Gasteiger partial charge in [-0.2, -0.15) is 15.0 Å². The average Bonchev–Trinajstić information content (AvgIpc) is 2.20. The number of hydrogen-bond donors (Lipinski definition) is 6. The highest BCUT2D eigenvalue weighted by Gasteiger charge is 1.93. The zero-order valence-electron chi connectivity index (χ0n) is 9.20. The Kier molecular flexibility index (Phi) is 15.5. The largest absolute Gasteiger partial charge is 0.400 e. The lowest BCUT2D eigenvalue weighted by atomic mass is 10.9. The number of urea groups is 1. The Hall–Kier alpha value is -2.69. The molecule has 11 N–H and O–H groups in total. The van der Waals surface area contributed by atoms with E-state index in [2.05, 4.69) is 26.4 Å². The molecule has 0 spiro atoms. The molecule has 0 saturated heterocycles. The van der Waals surface area contributed by atoms with Crippen LogP contribution in [0.15, 0.2) is 0 Å². The number of aliphatic hydroxyl groups is 1. The van der Waals surface area contributed by atoms with Crippen LogP contribution in [0.3, 0.4) is 0 Å². The molecule has 0 aromatic carbocycles. The third kappa shape index (κ3) is 19.6. The van der Waals surface area contributed by atoms with Gasteiger partial charge in [-0.1, -0.05) is 0 Å². The van der Waals surface area contributed by atoms with Crippen LogP contribution in [-0.4, -0.2) is 40.0 Å². The van der Waals surface area contributed by atoms with Gasteiger partial charge >= 0.3 is 6.03 Å². The number of primary amides is 2. The first-order valence-electron chi connectivity index (χ1n) is 3.73. The summed E-state index contributed by atoms with van der Waals surface area (Å²) in [5.41, 5.74) is 23.9. The van der Waals surface area contributed by atoms with E-state index in [9.17, 15) is 0 Å². The number of carbonyl (C=O) groups is 2. The van der Waals surface area contributed by atoms with Crippen molar-refractivity contribution in [1.29, 1.82) is 0 Å². The van der Waals surface area contributed by atoms with E-state index >= 15 is 0 Å². The second kappa shape index (κ2) is 13.3. The first kappa shape index (κ1) is 19.8. The SMILES string of the molecule is C=O.CO.NC(N)=O.Nc1nc(N)nc(N)n1. The van der Waals surface area contributed by atoms with Gasteiger partial charge in [0.2, 0.25) is 17.8 Å². The Bertz CT molecular complexity index is 266. The molecule has 17 heavy (non-hydrogen) atoms. The second-order valence-corrected chi connectivity index (χ2v) is 1.81. The van der Waals surface area contributed by atoms with Gasteiger partial charge in [-0.25, -0.2) is 4.79 Å². The maximum absolute atomic E-state index is 9.00. The van der Waals surface area contributed by atoms with Crippen molar-refractivity contribution >= 4 is 30.7 Å². The molecule has 1 rings (SSSR count). The predicted octanol–water partition coefficient (Wildman–Crippen LogP) is -2.93. The van der Waals surface area contributed by atoms with Crippen molar-refractivity contribution in [3.63, 3.8) is 0 Å². The molecule has 98 valence electrons. The van der Waals surface area contributed by atoms with E-state index in [1.165, 1.54) is 0 Å². The lowest BCUT2D eigenvalue weighted by molar-refractivity contribution is -0.0979. The summed E-state index contributed by atoms with van der Waals surface area (Å²) < 4.78 is 0. The van der Waals surface area contributed by atoms with E-state index in [4.69, 9.17) is 31.9 Å². The highest BCUT2D eigenvalue weighted by atomic mass is 16.2. The third-order valence-electron chi connectivity index (χ3n) is 0.687. The van der Waals surface area contributed by atoms with Crippen LogP contribution in [0.4, 0.5) is 22.6 Å². The molecule has 0 aliphatic rings. The van der Waals surface area contributed by atoms with Crippen molar-refractivity contribution in [2.75, 3.05) is 24.3 Å². The molecular weight excluding hydrogens is 232 g/mol. The maximum Gasteiger partial charge on any atom is 0.309 e. The third-order valence-corrected chi connectivity index (χ3v) is 0.687. The minimum Gasteiger partial charge on any atom is -0.400 e. The first-order valence-corrected chi connectivity index (χ1v) is 3.73. The van der Waals surface area contributed by atoms with E-state index in [1.807, 2.05) is 6.79 Å². The number of hydrogen-bond acceptors (Lipinski definition) is 9. The molecule has 0 saturated carbocycles. The molecule has 11 heteroatoms. The topological polar surface area (TPSA) is 223 Å². The lowest BCUT2D eigenvalue weighted by Gasteiger charge is -1.93. The van der Waals surface area contributed by atoms with Crippen LogP contribution in [0.2, 0.25) is 0 Å². The normalized spacial score (nSPS) is 6.94. The predicted molar refractivity (Wildman–Crippen MR) is 62.1 cm³/mol. The van der Waals surface area contributed by atoms with Gasteiger partial charge in [0, 0.05) is 7.11 Å². The van der Waals surface area contributed by atoms with Crippen LogP contribution in [0, 0.1) is 0 Å². The van der Waals surface area contributed by atoms with E-state index in [0.717, 1.165) is 7.11 Å². The summed E-state index contributed by atoms with van der Waals surface area (Å²) in [6.07, 6.45) is 0. The highest BCUT2D eigenvalue weighted by molar-refractivity contribution is 5.69. The van der Waals surface area contributed by atoms with Crippen LogP contribution in [0.5, 0.6) is 0 Å². The Morgan fingerprint density at radius 2 is 1.06 bits per heavy atom. The summed E-state index contributed by atoms with van der Waals surface area (Å²) in [6.45, 7) is 2.00. The Morgan fingerprint density at radius 1 is 0.941 bits per heavy atom. The molecule has 0 fully saturated rings. The number of rotatable bonds is 0. The average molecular weight is 248 g/mol. The summed E-state index contributed by atoms with van der Waals surface area (Å²) in [7, 11) is 1.00. The molecule has 1 aromatic rings. The fourth-order valence-electron chi connectivity index (χ4n) is 0.427. The molecule has 0 bridgehead atoms. The lowest BCUT2D eigenvalue weighted by Crippen LogP contribution is -2.18. The van der Waals surface area contributed by atoms with Gasteiger partial charge in [-0.05, 0) is 0 Å². The first-order chi connectivity index (χ1) is 7.91. The van der Waals surface area contributed by atoms with Gasteiger partial charge in [0.25, 0.3) is 0 Å². The van der Waals surface area contributed by atoms with E-state index in [1.54, 1.807) is 0 Å². The van der Waals surface area contributed by atoms with E-state index in [0.29, 0.717) is 0 Å². The minimum absolute atomic E-state index is 0.0417. The fraction of sp³-hybridized carbons (Fsp3) is 0.167. The minimum atomic E-state index is -0.833. The van der Waals surface area contributed by atoms with Crippen LogP contribution in [-0.2, 0) is 4.79 Å². The zero-order chi connectivity index (χ0) is 14.4. The van der Waals surface area contributed by atoms with Crippen molar-refractivity contribution in [1.82, 2.24) is 15.0 Å². The molecule has 0 unspecified atom stereocenters. The number of anilines is 3. The van der Waals surface area contributed by atoms with Crippen molar-refractivity contribution in [3.8, 4) is 0 Å². The van der Waals surface area contributed by atoms with Gasteiger partial charge in [0.15, 0.2) is 0 Å². The van der Waals surface area contributed by atoms with Gasteiger partial charge in [-0.3, -0.25) is 0 Å². The van der Waals surface area contributed by atoms with Gasteiger partial charge in [-0.15, -0.1) is 0 Å². The van der Waals surface area contributed by atoms with Crippen molar-refractivity contribution in [2.24, 2.45) is 11.5 Å². The van der Waals surface area contributed by atoms with Crippen molar-refractivity contribution in [2.45, 2.75) is 0 Å². The molecule has 11 nitrogen and oxygen atoms in total. The fourth-order valence-corrected chi connectivity index (χ4v) is 0.427. The summed E-state index contributed by atoms with van der Waals surface area (Å²) in [5, 5.41) is 7.00. The van der Waals surface area contributed by atoms with E-state index in [-0.39, 0.29) is 17.8 Å². The number of carbonyl (C=O) groups excluding carboxylic acids is 2. The van der Waals surface area contributed by atoms with Crippen molar-refractivity contribution < 1.29 is 14.7 Å². The smallest absolute Gasteiger partial charge is 0.309 e. The van der Waals surface area contributed by atoms with Gasteiger partial charge in [0.05, 0.1) is 0 Å². The number of amides is 2.